The maximum atomic E-state index is 14.7. The lowest BCUT2D eigenvalue weighted by Crippen LogP contribution is -2.22. The van der Waals surface area contributed by atoms with Crippen molar-refractivity contribution in [3.8, 4) is 11.1 Å². The number of aromatic nitrogens is 3. The maximum Gasteiger partial charge on any atom is 0.323 e. The highest BCUT2D eigenvalue weighted by Gasteiger charge is 2.23. The van der Waals surface area contributed by atoms with E-state index in [0.29, 0.717) is 28.9 Å². The lowest BCUT2D eigenvalue weighted by atomic mass is 9.92. The predicted octanol–water partition coefficient (Wildman–Crippen LogP) is 10.4. The molecule has 0 saturated carbocycles. The number of aryl methyl sites for hydroxylation is 1. The van der Waals surface area contributed by atoms with E-state index < -0.39 is 11.8 Å². The van der Waals surface area contributed by atoms with Gasteiger partial charge in [0.2, 0.25) is 0 Å². The van der Waals surface area contributed by atoms with E-state index in [1.54, 1.807) is 37.0 Å². The number of nitrogens with one attached hydrogen (secondary N) is 2. The van der Waals surface area contributed by atoms with Crippen molar-refractivity contribution in [2.24, 2.45) is 5.41 Å². The molecular formula is C37H58FN5O3. The first-order valence-electron chi connectivity index (χ1n) is 16.5. The number of benzene rings is 1. The summed E-state index contributed by atoms with van der Waals surface area (Å²) in [7, 11) is 0. The maximum absolute atomic E-state index is 14.7. The van der Waals surface area contributed by atoms with Crippen molar-refractivity contribution in [2.45, 2.75) is 128 Å². The molecule has 0 saturated heterocycles. The number of Topliss-reactive ketones (excluding diaryl/α,β-unsaturated/α-hetero) is 2. The Labute approximate surface area is 277 Å². The Hall–Kier alpha value is -3.88. The number of carbonyl (C=O) groups excluding carboxylic acids is 3. The minimum Gasteiger partial charge on any atom is -0.308 e. The third-order valence-corrected chi connectivity index (χ3v) is 6.83. The van der Waals surface area contributed by atoms with E-state index in [9.17, 15) is 18.8 Å². The minimum absolute atomic E-state index is 0.128. The topological polar surface area (TPSA) is 106 Å². The van der Waals surface area contributed by atoms with Gasteiger partial charge < -0.3 is 10.6 Å². The van der Waals surface area contributed by atoms with Gasteiger partial charge in [-0.2, -0.15) is 5.10 Å². The first-order chi connectivity index (χ1) is 21.5. The summed E-state index contributed by atoms with van der Waals surface area (Å²) in [5.41, 5.74) is 3.16. The fourth-order valence-electron chi connectivity index (χ4n) is 3.60. The molecule has 2 N–H and O–H groups in total. The molecule has 3 rings (SSSR count). The zero-order valence-corrected chi connectivity index (χ0v) is 30.7. The number of halogens is 1. The van der Waals surface area contributed by atoms with Crippen LogP contribution < -0.4 is 10.6 Å². The number of ketones is 2. The van der Waals surface area contributed by atoms with Crippen molar-refractivity contribution in [2.75, 3.05) is 10.6 Å². The van der Waals surface area contributed by atoms with Crippen LogP contribution in [0.4, 0.5) is 20.6 Å². The molecule has 0 aliphatic rings. The van der Waals surface area contributed by atoms with Gasteiger partial charge in [-0.1, -0.05) is 74.8 Å². The molecule has 0 aliphatic heterocycles. The van der Waals surface area contributed by atoms with Crippen LogP contribution in [0.15, 0.2) is 36.7 Å². The highest BCUT2D eigenvalue weighted by Crippen LogP contribution is 2.29. The average molecular weight is 640 g/mol. The zero-order chi connectivity index (χ0) is 35.8. The van der Waals surface area contributed by atoms with Crippen molar-refractivity contribution in [1.82, 2.24) is 14.8 Å². The van der Waals surface area contributed by atoms with Gasteiger partial charge in [0.05, 0.1) is 11.2 Å². The molecule has 46 heavy (non-hydrogen) atoms. The van der Waals surface area contributed by atoms with Crippen LogP contribution in [-0.2, 0) is 16.8 Å². The van der Waals surface area contributed by atoms with Crippen LogP contribution >= 0.6 is 0 Å². The Bertz CT molecular complexity index is 1400. The summed E-state index contributed by atoms with van der Waals surface area (Å²) in [5, 5.41) is 9.86. The van der Waals surface area contributed by atoms with Gasteiger partial charge in [0, 0.05) is 41.2 Å². The van der Waals surface area contributed by atoms with Crippen LogP contribution in [0.2, 0.25) is 0 Å². The SMILES string of the molecule is CC.CC.CC(=O)C(C)(C)C.CCCCC(=O)c1nn(C(C)(C)C)cc1NC(=O)Nc1cc(F)c(C)c(-c2ccc(CC)nc2)c1. The highest BCUT2D eigenvalue weighted by molar-refractivity contribution is 6.06. The van der Waals surface area contributed by atoms with Crippen LogP contribution in [0.5, 0.6) is 0 Å². The lowest BCUT2D eigenvalue weighted by molar-refractivity contribution is -0.124. The first-order valence-corrected chi connectivity index (χ1v) is 16.5. The Balaban J connectivity index is 0.00000160. The number of nitrogens with zero attached hydrogens (tertiary/aromatic N) is 3. The Morgan fingerprint density at radius 1 is 0.935 bits per heavy atom. The van der Waals surface area contributed by atoms with Crippen LogP contribution in [0.1, 0.15) is 131 Å². The number of hydrogen-bond donors (Lipinski definition) is 2. The molecule has 0 radical (unpaired) electrons. The number of carbonyl (C=O) groups is 3. The molecular weight excluding hydrogens is 581 g/mol. The monoisotopic (exact) mass is 639 g/mol. The van der Waals surface area contributed by atoms with Gasteiger partial charge in [0.15, 0.2) is 11.5 Å². The smallest absolute Gasteiger partial charge is 0.308 e. The minimum atomic E-state index is -0.586. The molecule has 0 fully saturated rings. The van der Waals surface area contributed by atoms with E-state index in [0.717, 1.165) is 30.5 Å². The predicted molar refractivity (Wildman–Crippen MR) is 190 cm³/mol. The van der Waals surface area contributed by atoms with Gasteiger partial charge in [-0.15, -0.1) is 0 Å². The fraction of sp³-hybridized carbons (Fsp3) is 0.541. The summed E-state index contributed by atoms with van der Waals surface area (Å²) in [6.45, 7) is 27.0. The van der Waals surface area contributed by atoms with E-state index in [1.807, 2.05) is 95.2 Å². The Kier molecular flexibility index (Phi) is 17.9. The first kappa shape index (κ1) is 42.1. The summed E-state index contributed by atoms with van der Waals surface area (Å²) in [6.07, 6.45) is 6.15. The number of amides is 2. The van der Waals surface area contributed by atoms with Crippen molar-refractivity contribution in [1.29, 1.82) is 0 Å². The molecule has 0 atom stereocenters. The Morgan fingerprint density at radius 3 is 1.98 bits per heavy atom. The quantitative estimate of drug-likeness (QED) is 0.239. The highest BCUT2D eigenvalue weighted by atomic mass is 19.1. The number of unbranched alkanes of at least 4 members (excludes halogenated alkanes) is 1. The van der Waals surface area contributed by atoms with Crippen LogP contribution in [0.3, 0.4) is 0 Å². The van der Waals surface area contributed by atoms with Gasteiger partial charge in [0.25, 0.3) is 0 Å². The zero-order valence-electron chi connectivity index (χ0n) is 30.7. The number of pyridine rings is 1. The van der Waals surface area contributed by atoms with E-state index in [1.165, 1.54) is 6.07 Å². The third kappa shape index (κ3) is 13.2. The normalized spacial score (nSPS) is 10.7. The molecule has 0 aliphatic carbocycles. The molecule has 2 aromatic heterocycles. The molecule has 2 heterocycles. The second kappa shape index (κ2) is 19.6. The van der Waals surface area contributed by atoms with Crippen LogP contribution in [0.25, 0.3) is 11.1 Å². The molecule has 256 valence electrons. The Morgan fingerprint density at radius 2 is 1.52 bits per heavy atom. The van der Waals surface area contributed by atoms with Crippen molar-refractivity contribution < 1.29 is 18.8 Å². The molecule has 0 spiro atoms. The molecule has 8 nitrogen and oxygen atoms in total. The molecule has 2 amide bonds. The van der Waals surface area contributed by atoms with Crippen molar-refractivity contribution in [3.05, 3.63) is 59.4 Å². The molecule has 0 bridgehead atoms. The molecule has 9 heteroatoms. The standard InChI is InChI=1S/C27H34FN5O2.C6H12O.2C2H6/c1-7-9-10-24(34)25-23(16-33(32-25)27(4,5)6)31-26(35)30-20-13-21(17(3)22(28)14-20)18-11-12-19(8-2)29-15-18;1-5(7)6(2,3)4;2*1-2/h11-16H,7-10H2,1-6H3,(H2,30,31,35);1-4H3;2*1-2H3. The molecule has 1 aromatic carbocycles. The number of anilines is 2. The number of rotatable bonds is 8. The molecule has 3 aromatic rings. The second-order valence-electron chi connectivity index (χ2n) is 12.4. The van der Waals surface area contributed by atoms with E-state index in [2.05, 4.69) is 20.7 Å². The van der Waals surface area contributed by atoms with Gasteiger partial charge in [-0.3, -0.25) is 19.3 Å². The van der Waals surface area contributed by atoms with Crippen molar-refractivity contribution >= 4 is 29.0 Å². The van der Waals surface area contributed by atoms with Gasteiger partial charge in [-0.05, 0) is 76.8 Å². The summed E-state index contributed by atoms with van der Waals surface area (Å²) < 4.78 is 16.4. The van der Waals surface area contributed by atoms with E-state index in [4.69, 9.17) is 0 Å². The van der Waals surface area contributed by atoms with E-state index in [-0.39, 0.29) is 28.2 Å². The van der Waals surface area contributed by atoms with Gasteiger partial charge in [0.1, 0.15) is 11.6 Å². The van der Waals surface area contributed by atoms with E-state index >= 15 is 0 Å². The fourth-order valence-corrected chi connectivity index (χ4v) is 3.60. The van der Waals surface area contributed by atoms with Crippen LogP contribution in [-0.4, -0.2) is 32.4 Å². The second-order valence-corrected chi connectivity index (χ2v) is 12.4. The lowest BCUT2D eigenvalue weighted by Gasteiger charge is -2.18. The number of urea groups is 1. The van der Waals surface area contributed by atoms with Crippen LogP contribution in [0, 0.1) is 18.2 Å². The largest absolute Gasteiger partial charge is 0.323 e. The van der Waals surface area contributed by atoms with Gasteiger partial charge in [-0.25, -0.2) is 9.18 Å². The average Bonchev–Trinajstić information content (AvgIpc) is 3.44. The summed E-state index contributed by atoms with van der Waals surface area (Å²) in [6, 6.07) is 6.21. The summed E-state index contributed by atoms with van der Waals surface area (Å²) in [5.74, 6) is -0.322. The van der Waals surface area contributed by atoms with Crippen molar-refractivity contribution in [3.63, 3.8) is 0 Å². The third-order valence-electron chi connectivity index (χ3n) is 6.83. The summed E-state index contributed by atoms with van der Waals surface area (Å²) in [4.78, 5) is 40.4. The number of hydrogen-bond acceptors (Lipinski definition) is 5. The van der Waals surface area contributed by atoms with Gasteiger partial charge >= 0.3 is 6.03 Å². The summed E-state index contributed by atoms with van der Waals surface area (Å²) >= 11 is 0. The molecule has 0 unspecified atom stereocenters.